The van der Waals surface area contributed by atoms with Crippen LogP contribution in [0.1, 0.15) is 23.6 Å². The molecule has 2 heterocycles. The molecular weight excluding hydrogens is 180 g/mol. The molecule has 0 aromatic carbocycles. The second-order valence-corrected chi connectivity index (χ2v) is 5.08. The number of nitrogens with one attached hydrogen (secondary N) is 1. The molecule has 1 aliphatic heterocycles. The van der Waals surface area contributed by atoms with Crippen LogP contribution in [0.15, 0.2) is 11.7 Å². The summed E-state index contributed by atoms with van der Waals surface area (Å²) in [5.74, 6) is 2.74. The normalized spacial score (nSPS) is 38.0. The molecule has 2 nitrogen and oxygen atoms in total. The maximum Gasteiger partial charge on any atom is 0.0794 e. The van der Waals surface area contributed by atoms with Gasteiger partial charge in [0.05, 0.1) is 5.51 Å². The highest BCUT2D eigenvalue weighted by atomic mass is 32.1. The first kappa shape index (κ1) is 7.94. The molecule has 1 aromatic rings. The molecular formula is C10H14N2S. The fraction of sp³-hybridized carbons (Fsp3) is 0.700. The number of rotatable bonds is 1. The molecule has 0 unspecified atom stereocenters. The number of aromatic nitrogens is 1. The van der Waals surface area contributed by atoms with E-state index >= 15 is 0 Å². The van der Waals surface area contributed by atoms with Crippen LogP contribution in [0.2, 0.25) is 0 Å². The van der Waals surface area contributed by atoms with Gasteiger partial charge in [-0.2, -0.15) is 0 Å². The number of nitrogens with zero attached hydrogens (tertiary/aromatic N) is 1. The van der Waals surface area contributed by atoms with Gasteiger partial charge in [-0.1, -0.05) is 0 Å². The van der Waals surface area contributed by atoms with E-state index in [0.29, 0.717) is 0 Å². The van der Waals surface area contributed by atoms with Gasteiger partial charge in [0.25, 0.3) is 0 Å². The Morgan fingerprint density at radius 1 is 1.54 bits per heavy atom. The maximum absolute atomic E-state index is 4.16. The first-order chi connectivity index (χ1) is 6.45. The standard InChI is InChI=1S/C10H14N2S/c1-2-11-4-9-7(1)3-8(9)10-5-12-6-13-10/h5-9,11H,1-4H2/t7-,8-,9-/m0/s1. The van der Waals surface area contributed by atoms with Crippen molar-refractivity contribution >= 4 is 11.3 Å². The van der Waals surface area contributed by atoms with Crippen LogP contribution in [0.4, 0.5) is 0 Å². The van der Waals surface area contributed by atoms with Gasteiger partial charge in [-0.05, 0) is 43.7 Å². The fourth-order valence-corrected chi connectivity index (χ4v) is 3.55. The highest BCUT2D eigenvalue weighted by molar-refractivity contribution is 7.09. The smallest absolute Gasteiger partial charge is 0.0794 e. The van der Waals surface area contributed by atoms with E-state index in [1.165, 1.54) is 30.8 Å². The molecule has 1 saturated carbocycles. The van der Waals surface area contributed by atoms with Crippen LogP contribution < -0.4 is 5.32 Å². The number of hydrogen-bond donors (Lipinski definition) is 1. The molecule has 3 rings (SSSR count). The Hall–Kier alpha value is -0.410. The van der Waals surface area contributed by atoms with Gasteiger partial charge >= 0.3 is 0 Å². The van der Waals surface area contributed by atoms with Crippen LogP contribution in [0.3, 0.4) is 0 Å². The monoisotopic (exact) mass is 194 g/mol. The Balaban J connectivity index is 1.75. The third-order valence-electron chi connectivity index (χ3n) is 3.57. The largest absolute Gasteiger partial charge is 0.316 e. The van der Waals surface area contributed by atoms with Gasteiger partial charge in [0, 0.05) is 11.1 Å². The predicted molar refractivity (Wildman–Crippen MR) is 53.9 cm³/mol. The zero-order valence-electron chi connectivity index (χ0n) is 7.57. The van der Waals surface area contributed by atoms with Crippen molar-refractivity contribution in [1.82, 2.24) is 10.3 Å². The maximum atomic E-state index is 4.16. The molecule has 1 aliphatic carbocycles. The number of hydrogen-bond acceptors (Lipinski definition) is 3. The summed E-state index contributed by atoms with van der Waals surface area (Å²) in [4.78, 5) is 5.67. The minimum Gasteiger partial charge on any atom is -0.316 e. The number of piperidine rings is 1. The summed E-state index contributed by atoms with van der Waals surface area (Å²) in [5.41, 5.74) is 1.96. The predicted octanol–water partition coefficient (Wildman–Crippen LogP) is 1.86. The van der Waals surface area contributed by atoms with E-state index in [1.54, 1.807) is 0 Å². The Labute approximate surface area is 82.4 Å². The first-order valence-corrected chi connectivity index (χ1v) is 5.92. The SMILES string of the molecule is c1ncc([C@H]2C[C@@H]3CCNC[C@@H]32)s1. The zero-order chi connectivity index (χ0) is 8.67. The van der Waals surface area contributed by atoms with Crippen molar-refractivity contribution in [2.24, 2.45) is 11.8 Å². The van der Waals surface area contributed by atoms with E-state index in [4.69, 9.17) is 0 Å². The minimum atomic E-state index is 0.824. The van der Waals surface area contributed by atoms with Gasteiger partial charge < -0.3 is 5.32 Å². The molecule has 13 heavy (non-hydrogen) atoms. The summed E-state index contributed by atoms with van der Waals surface area (Å²) >= 11 is 1.82. The molecule has 1 N–H and O–H groups in total. The molecule has 0 spiro atoms. The van der Waals surface area contributed by atoms with Crippen molar-refractivity contribution < 1.29 is 0 Å². The summed E-state index contributed by atoms with van der Waals surface area (Å²) in [6.07, 6.45) is 4.86. The average molecular weight is 194 g/mol. The third-order valence-corrected chi connectivity index (χ3v) is 4.48. The third kappa shape index (κ3) is 1.22. The van der Waals surface area contributed by atoms with E-state index in [1.807, 2.05) is 16.8 Å². The lowest BCUT2D eigenvalue weighted by atomic mass is 9.61. The molecule has 70 valence electrons. The van der Waals surface area contributed by atoms with Crippen LogP contribution in [0.5, 0.6) is 0 Å². The molecule has 3 heteroatoms. The number of thiazole rings is 1. The van der Waals surface area contributed by atoms with E-state index in [9.17, 15) is 0 Å². The first-order valence-electron chi connectivity index (χ1n) is 5.04. The average Bonchev–Trinajstić information content (AvgIpc) is 2.60. The van der Waals surface area contributed by atoms with Crippen LogP contribution in [-0.2, 0) is 0 Å². The summed E-state index contributed by atoms with van der Waals surface area (Å²) in [7, 11) is 0. The van der Waals surface area contributed by atoms with Crippen molar-refractivity contribution in [3.63, 3.8) is 0 Å². The summed E-state index contributed by atoms with van der Waals surface area (Å²) in [6, 6.07) is 0. The second-order valence-electron chi connectivity index (χ2n) is 4.16. The van der Waals surface area contributed by atoms with Crippen LogP contribution in [0, 0.1) is 11.8 Å². The summed E-state index contributed by atoms with van der Waals surface area (Å²) in [6.45, 7) is 2.46. The van der Waals surface area contributed by atoms with E-state index in [-0.39, 0.29) is 0 Å². The van der Waals surface area contributed by atoms with Crippen molar-refractivity contribution in [1.29, 1.82) is 0 Å². The quantitative estimate of drug-likeness (QED) is 0.738. The molecule has 3 atom stereocenters. The highest BCUT2D eigenvalue weighted by Crippen LogP contribution is 2.50. The van der Waals surface area contributed by atoms with Crippen LogP contribution >= 0.6 is 11.3 Å². The molecule has 2 fully saturated rings. The molecule has 1 aromatic heterocycles. The van der Waals surface area contributed by atoms with Crippen molar-refractivity contribution in [2.45, 2.75) is 18.8 Å². The molecule has 0 radical (unpaired) electrons. The lowest BCUT2D eigenvalue weighted by molar-refractivity contribution is 0.0953. The second kappa shape index (κ2) is 3.07. The molecule has 2 aliphatic rings. The topological polar surface area (TPSA) is 24.9 Å². The van der Waals surface area contributed by atoms with Gasteiger partial charge in [0.2, 0.25) is 0 Å². The molecule has 0 bridgehead atoms. The van der Waals surface area contributed by atoms with Gasteiger partial charge in [-0.3, -0.25) is 4.98 Å². The summed E-state index contributed by atoms with van der Waals surface area (Å²) in [5, 5.41) is 3.49. The van der Waals surface area contributed by atoms with Gasteiger partial charge in [0.1, 0.15) is 0 Å². The van der Waals surface area contributed by atoms with Gasteiger partial charge in [0.15, 0.2) is 0 Å². The van der Waals surface area contributed by atoms with Crippen molar-refractivity contribution in [3.8, 4) is 0 Å². The highest BCUT2D eigenvalue weighted by Gasteiger charge is 2.43. The number of fused-ring (bicyclic) bond motifs is 1. The van der Waals surface area contributed by atoms with E-state index in [0.717, 1.165) is 17.8 Å². The molecule has 0 amide bonds. The summed E-state index contributed by atoms with van der Waals surface area (Å²) < 4.78 is 0. The van der Waals surface area contributed by atoms with Crippen LogP contribution in [-0.4, -0.2) is 18.1 Å². The Bertz CT molecular complexity index is 283. The van der Waals surface area contributed by atoms with Crippen molar-refractivity contribution in [3.05, 3.63) is 16.6 Å². The van der Waals surface area contributed by atoms with Gasteiger partial charge in [-0.25, -0.2) is 0 Å². The van der Waals surface area contributed by atoms with E-state index in [2.05, 4.69) is 16.5 Å². The lowest BCUT2D eigenvalue weighted by Gasteiger charge is -2.47. The van der Waals surface area contributed by atoms with E-state index < -0.39 is 0 Å². The Morgan fingerprint density at radius 3 is 3.31 bits per heavy atom. The Kier molecular flexibility index (Phi) is 1.87. The van der Waals surface area contributed by atoms with Gasteiger partial charge in [-0.15, -0.1) is 11.3 Å². The van der Waals surface area contributed by atoms with Crippen molar-refractivity contribution in [2.75, 3.05) is 13.1 Å². The molecule has 1 saturated heterocycles. The Morgan fingerprint density at radius 2 is 2.54 bits per heavy atom. The van der Waals surface area contributed by atoms with Crippen LogP contribution in [0.25, 0.3) is 0 Å². The zero-order valence-corrected chi connectivity index (χ0v) is 8.39. The lowest BCUT2D eigenvalue weighted by Crippen LogP contribution is -2.47. The minimum absolute atomic E-state index is 0.824. The fourth-order valence-electron chi connectivity index (χ4n) is 2.74.